The number of nitrogens with zero attached hydrogens (tertiary/aromatic N) is 4. The van der Waals surface area contributed by atoms with Crippen molar-refractivity contribution in [1.29, 1.82) is 0 Å². The smallest absolute Gasteiger partial charge is 0.123 e. The zero-order valence-electron chi connectivity index (χ0n) is 30.8. The van der Waals surface area contributed by atoms with Gasteiger partial charge in [-0.25, -0.2) is 13.8 Å². The molecule has 1 aliphatic carbocycles. The van der Waals surface area contributed by atoms with E-state index < -0.39 is 0 Å². The fraction of sp³-hybridized carbons (Fsp3) is 0.0800. The van der Waals surface area contributed by atoms with Crippen LogP contribution in [-0.2, 0) is 0 Å². The van der Waals surface area contributed by atoms with Gasteiger partial charge in [0.15, 0.2) is 0 Å². The van der Waals surface area contributed by atoms with Gasteiger partial charge < -0.3 is 0 Å². The van der Waals surface area contributed by atoms with Crippen molar-refractivity contribution in [2.24, 2.45) is 0 Å². The third-order valence-electron chi connectivity index (χ3n) is 11.2. The number of fused-ring (bicyclic) bond motifs is 6. The maximum Gasteiger partial charge on any atom is 0.123 e. The molecule has 0 radical (unpaired) electrons. The Kier molecular flexibility index (Phi) is 8.07. The van der Waals surface area contributed by atoms with Crippen LogP contribution in [0.25, 0.3) is 88.0 Å². The topological polar surface area (TPSA) is 51.6 Å². The average Bonchev–Trinajstić information content (AvgIpc) is 3.25. The summed E-state index contributed by atoms with van der Waals surface area (Å²) in [5.41, 5.74) is 12.6. The highest BCUT2D eigenvalue weighted by Gasteiger charge is 2.25. The summed E-state index contributed by atoms with van der Waals surface area (Å²) in [5.74, 6) is -0.611. The first-order valence-electron chi connectivity index (χ1n) is 18.8. The van der Waals surface area contributed by atoms with Gasteiger partial charge in [-0.3, -0.25) is 15.0 Å². The van der Waals surface area contributed by atoms with Crippen molar-refractivity contribution in [3.05, 3.63) is 181 Å². The standard InChI is InChI=1S/C50H34F2N4/c1-29-45-41-9-3-4-10-43(41)55-49(31-11-16-39(51)17-12-31)47(45)30(2)46-42-20-15-33(26-44(42)56-50(48(29)46)32-13-18-40(52)19-14-32)36-23-37(34-7-5-21-53-27-34)25-38(24-36)35-8-6-22-54-28-35/h3-11,13-28,31H,12H2,1-2H3. The van der Waals surface area contributed by atoms with Gasteiger partial charge in [-0.2, -0.15) is 0 Å². The van der Waals surface area contributed by atoms with Crippen LogP contribution in [0.2, 0.25) is 0 Å². The van der Waals surface area contributed by atoms with Crippen LogP contribution in [0.3, 0.4) is 0 Å². The second-order valence-corrected chi connectivity index (χ2v) is 14.5. The summed E-state index contributed by atoms with van der Waals surface area (Å²) >= 11 is 0. The minimum absolute atomic E-state index is 0.0884. The number of para-hydroxylation sites is 1. The van der Waals surface area contributed by atoms with E-state index in [1.807, 2.05) is 60.9 Å². The van der Waals surface area contributed by atoms with E-state index in [9.17, 15) is 8.78 Å². The molecular formula is C50H34F2N4. The molecule has 268 valence electrons. The summed E-state index contributed by atoms with van der Waals surface area (Å²) < 4.78 is 28.7. The van der Waals surface area contributed by atoms with Gasteiger partial charge in [0.2, 0.25) is 0 Å². The molecule has 56 heavy (non-hydrogen) atoms. The molecule has 0 saturated carbocycles. The maximum absolute atomic E-state index is 14.4. The van der Waals surface area contributed by atoms with E-state index in [4.69, 9.17) is 9.97 Å². The molecular weight excluding hydrogens is 695 g/mol. The molecule has 10 rings (SSSR count). The zero-order valence-corrected chi connectivity index (χ0v) is 30.8. The lowest BCUT2D eigenvalue weighted by molar-refractivity contribution is 0.628. The van der Waals surface area contributed by atoms with Gasteiger partial charge in [0.05, 0.1) is 22.4 Å². The number of rotatable bonds is 5. The van der Waals surface area contributed by atoms with E-state index in [0.717, 1.165) is 105 Å². The molecule has 4 nitrogen and oxygen atoms in total. The lowest BCUT2D eigenvalue weighted by Gasteiger charge is -2.23. The van der Waals surface area contributed by atoms with Crippen molar-refractivity contribution in [3.8, 4) is 44.6 Å². The van der Waals surface area contributed by atoms with Gasteiger partial charge in [-0.05, 0) is 143 Å². The molecule has 0 fully saturated rings. The highest BCUT2D eigenvalue weighted by molar-refractivity contribution is 6.24. The van der Waals surface area contributed by atoms with Crippen LogP contribution >= 0.6 is 0 Å². The van der Waals surface area contributed by atoms with Crippen LogP contribution in [-0.4, -0.2) is 19.9 Å². The third kappa shape index (κ3) is 5.64. The molecule has 1 aliphatic rings. The third-order valence-corrected chi connectivity index (χ3v) is 11.2. The largest absolute Gasteiger partial charge is 0.264 e. The van der Waals surface area contributed by atoms with Gasteiger partial charge in [0, 0.05) is 68.9 Å². The van der Waals surface area contributed by atoms with Gasteiger partial charge in [0.25, 0.3) is 0 Å². The van der Waals surface area contributed by atoms with Crippen LogP contribution < -0.4 is 0 Å². The average molecular weight is 729 g/mol. The summed E-state index contributed by atoms with van der Waals surface area (Å²) in [7, 11) is 0. The van der Waals surface area contributed by atoms with Crippen LogP contribution in [0, 0.1) is 19.7 Å². The van der Waals surface area contributed by atoms with Crippen LogP contribution in [0.15, 0.2) is 158 Å². The summed E-state index contributed by atoms with van der Waals surface area (Å²) in [4.78, 5) is 19.5. The van der Waals surface area contributed by atoms with E-state index in [0.29, 0.717) is 6.42 Å². The van der Waals surface area contributed by atoms with Gasteiger partial charge >= 0.3 is 0 Å². The number of benzene rings is 5. The molecule has 1 atom stereocenters. The van der Waals surface area contributed by atoms with Crippen molar-refractivity contribution in [2.75, 3.05) is 0 Å². The van der Waals surface area contributed by atoms with Crippen LogP contribution in [0.5, 0.6) is 0 Å². The molecule has 4 aromatic heterocycles. The van der Waals surface area contributed by atoms with Crippen LogP contribution in [0.4, 0.5) is 8.78 Å². The number of halogens is 2. The second-order valence-electron chi connectivity index (χ2n) is 14.5. The van der Waals surface area contributed by atoms with Gasteiger partial charge in [-0.1, -0.05) is 48.5 Å². The number of hydrogen-bond donors (Lipinski definition) is 0. The predicted octanol–water partition coefficient (Wildman–Crippen LogP) is 13.2. The summed E-state index contributed by atoms with van der Waals surface area (Å²) in [6.45, 7) is 4.34. The fourth-order valence-electron chi connectivity index (χ4n) is 8.53. The zero-order chi connectivity index (χ0) is 37.9. The Hall–Kier alpha value is -6.92. The van der Waals surface area contributed by atoms with Crippen LogP contribution in [0.1, 0.15) is 29.2 Å². The summed E-state index contributed by atoms with van der Waals surface area (Å²) in [5, 5.41) is 6.34. The number of pyridine rings is 4. The maximum atomic E-state index is 14.4. The Morgan fingerprint density at radius 3 is 1.82 bits per heavy atom. The molecule has 9 aromatic rings. The summed E-state index contributed by atoms with van der Waals surface area (Å²) in [6.07, 6.45) is 13.0. The molecule has 0 amide bonds. The predicted molar refractivity (Wildman–Crippen MR) is 225 cm³/mol. The molecule has 4 heterocycles. The number of hydrogen-bond acceptors (Lipinski definition) is 4. The van der Waals surface area contributed by atoms with Crippen molar-refractivity contribution in [1.82, 2.24) is 19.9 Å². The quantitative estimate of drug-likeness (QED) is 0.131. The van der Waals surface area contributed by atoms with E-state index in [2.05, 4.69) is 78.4 Å². The van der Waals surface area contributed by atoms with Gasteiger partial charge in [-0.15, -0.1) is 0 Å². The number of aryl methyl sites for hydroxylation is 2. The molecule has 0 bridgehead atoms. The summed E-state index contributed by atoms with van der Waals surface area (Å²) in [6, 6.07) is 36.0. The first-order valence-corrected chi connectivity index (χ1v) is 18.8. The monoisotopic (exact) mass is 728 g/mol. The SMILES string of the molecule is Cc1c2c(C3C=CC(F)=CC3)nc3ccccc3c2c(C)c2c(-c3ccc(F)cc3)nc3cc(-c4cc(-c5cccnc5)cc(-c5cccnc5)c4)ccc3c12. The highest BCUT2D eigenvalue weighted by Crippen LogP contribution is 2.46. The Bertz CT molecular complexity index is 3020. The Balaban J connectivity index is 1.29. The molecule has 0 saturated heterocycles. The Morgan fingerprint density at radius 1 is 0.536 bits per heavy atom. The van der Waals surface area contributed by atoms with E-state index in [-0.39, 0.29) is 17.6 Å². The molecule has 1 unspecified atom stereocenters. The minimum atomic E-state index is -0.301. The minimum Gasteiger partial charge on any atom is -0.264 e. The highest BCUT2D eigenvalue weighted by atomic mass is 19.1. The number of allylic oxidation sites excluding steroid dienone is 4. The van der Waals surface area contributed by atoms with Crippen molar-refractivity contribution in [3.63, 3.8) is 0 Å². The Morgan fingerprint density at radius 2 is 1.16 bits per heavy atom. The lowest BCUT2D eigenvalue weighted by atomic mass is 9.83. The van der Waals surface area contributed by atoms with E-state index in [1.165, 1.54) is 12.1 Å². The first-order chi connectivity index (χ1) is 27.4. The molecule has 5 aromatic carbocycles. The normalized spacial score (nSPS) is 14.2. The van der Waals surface area contributed by atoms with Crippen molar-refractivity contribution < 1.29 is 8.78 Å². The molecule has 0 N–H and O–H groups in total. The second kappa shape index (κ2) is 13.4. The number of aromatic nitrogens is 4. The van der Waals surface area contributed by atoms with Crippen molar-refractivity contribution >= 4 is 43.4 Å². The van der Waals surface area contributed by atoms with Crippen molar-refractivity contribution in [2.45, 2.75) is 26.2 Å². The molecule has 6 heteroatoms. The molecule has 0 aliphatic heterocycles. The fourth-order valence-corrected chi connectivity index (χ4v) is 8.53. The van der Waals surface area contributed by atoms with E-state index >= 15 is 0 Å². The van der Waals surface area contributed by atoms with E-state index in [1.54, 1.807) is 24.5 Å². The lowest BCUT2D eigenvalue weighted by Crippen LogP contribution is -2.05. The van der Waals surface area contributed by atoms with Gasteiger partial charge in [0.1, 0.15) is 11.6 Å². The first kappa shape index (κ1) is 33.6. The molecule has 0 spiro atoms. The Labute approximate surface area is 322 Å².